The lowest BCUT2D eigenvalue weighted by Crippen LogP contribution is -2.04. The minimum atomic E-state index is 0.467. The van der Waals surface area contributed by atoms with Gasteiger partial charge in [0, 0.05) is 46.3 Å². The predicted octanol–water partition coefficient (Wildman–Crippen LogP) is 11.9. The topological polar surface area (TPSA) is 124 Å². The molecule has 272 valence electrons. The lowest BCUT2D eigenvalue weighted by molar-refractivity contribution is 1.16. The molecule has 0 radical (unpaired) electrons. The number of benzene rings is 6. The Morgan fingerprint density at radius 3 is 0.786 bits per heavy atom. The monoisotopic (exact) mass is 730 g/mol. The van der Waals surface area contributed by atoms with Crippen LogP contribution in [0.1, 0.15) is 11.1 Å². The minimum Gasteiger partial charge on any atom is -0.340 e. The summed E-state index contributed by atoms with van der Waals surface area (Å²) >= 11 is 0. The van der Waals surface area contributed by atoms with Gasteiger partial charge in [0.2, 0.25) is 11.9 Å². The van der Waals surface area contributed by atoms with E-state index in [0.29, 0.717) is 35.2 Å². The van der Waals surface area contributed by atoms with E-state index >= 15 is 0 Å². The first-order valence-electron chi connectivity index (χ1n) is 18.1. The zero-order valence-corrected chi connectivity index (χ0v) is 30.3. The second-order valence-electron chi connectivity index (χ2n) is 12.7. The quantitative estimate of drug-likeness (QED) is 0.0602. The summed E-state index contributed by atoms with van der Waals surface area (Å²) in [6.07, 6.45) is 4.16. The summed E-state index contributed by atoms with van der Waals surface area (Å²) < 4.78 is 0. The highest BCUT2D eigenvalue weighted by molar-refractivity contribution is 5.73. The van der Waals surface area contributed by atoms with Gasteiger partial charge in [-0.3, -0.25) is 0 Å². The summed E-state index contributed by atoms with van der Waals surface area (Å²) in [5.41, 5.74) is 7.59. The van der Waals surface area contributed by atoms with E-state index in [9.17, 15) is 0 Å². The van der Waals surface area contributed by atoms with E-state index in [1.165, 1.54) is 0 Å². The van der Waals surface area contributed by atoms with Crippen LogP contribution < -0.4 is 31.9 Å². The van der Waals surface area contributed by atoms with Gasteiger partial charge in [0.1, 0.15) is 23.3 Å². The van der Waals surface area contributed by atoms with Gasteiger partial charge in [-0.05, 0) is 83.9 Å². The number of anilines is 12. The van der Waals surface area contributed by atoms with Gasteiger partial charge >= 0.3 is 0 Å². The molecule has 0 aliphatic heterocycles. The first-order chi connectivity index (χ1) is 27.6. The third-order valence-electron chi connectivity index (χ3n) is 8.44. The van der Waals surface area contributed by atoms with Crippen molar-refractivity contribution in [1.29, 1.82) is 0 Å². The van der Waals surface area contributed by atoms with Crippen molar-refractivity contribution in [2.24, 2.45) is 0 Å². The molecule has 0 saturated heterocycles. The smallest absolute Gasteiger partial charge is 0.231 e. The number of hydrogen-bond acceptors (Lipinski definition) is 10. The Bertz CT molecular complexity index is 2200. The van der Waals surface area contributed by atoms with Crippen LogP contribution in [0, 0.1) is 0 Å². The lowest BCUT2D eigenvalue weighted by Gasteiger charge is -2.13. The molecule has 0 amide bonds. The average Bonchev–Trinajstić information content (AvgIpc) is 3.22. The molecule has 10 nitrogen and oxygen atoms in total. The molecular formula is C46H38N10. The molecule has 0 fully saturated rings. The highest BCUT2D eigenvalue weighted by Gasteiger charge is 2.09. The molecule has 6 aromatic carbocycles. The first-order valence-corrected chi connectivity index (χ1v) is 18.1. The molecular weight excluding hydrogens is 693 g/mol. The SMILES string of the molecule is C(=Cc1ccc(Nc2nc(Nc3ccccc3)cc(Nc3ccccc3)n2)cc1)c1ccc(Nc2nc(Nc3ccccc3)cc(Nc3ccccc3)n2)cc1. The third-order valence-corrected chi connectivity index (χ3v) is 8.44. The van der Waals surface area contributed by atoms with Gasteiger partial charge < -0.3 is 31.9 Å². The second kappa shape index (κ2) is 17.2. The van der Waals surface area contributed by atoms with Crippen LogP contribution in [0.4, 0.5) is 69.3 Å². The van der Waals surface area contributed by atoms with Crippen LogP contribution in [0.2, 0.25) is 0 Å². The van der Waals surface area contributed by atoms with Crippen molar-refractivity contribution < 1.29 is 0 Å². The average molecular weight is 731 g/mol. The molecule has 0 aliphatic carbocycles. The Hall–Kier alpha value is -7.98. The van der Waals surface area contributed by atoms with E-state index in [4.69, 9.17) is 19.9 Å². The molecule has 0 spiro atoms. The maximum absolute atomic E-state index is 4.73. The van der Waals surface area contributed by atoms with E-state index in [-0.39, 0.29) is 0 Å². The second-order valence-corrected chi connectivity index (χ2v) is 12.7. The van der Waals surface area contributed by atoms with E-state index in [2.05, 4.69) is 68.3 Å². The number of rotatable bonds is 14. The van der Waals surface area contributed by atoms with Crippen molar-refractivity contribution in [2.45, 2.75) is 0 Å². The standard InChI is InChI=1S/C46H38N10/c1-5-13-35(14-6-1)47-41-31-42(48-36-15-7-2-8-16-36)54-45(53-41)51-39-27-23-33(24-28-39)21-22-34-25-29-40(30-26-34)52-46-55-43(49-37-17-9-3-10-18-37)32-44(56-46)50-38-19-11-4-12-20-38/h1-32H,(H3,47,48,51,53,54)(H3,49,50,52,55,56). The van der Waals surface area contributed by atoms with Gasteiger partial charge in [0.15, 0.2) is 0 Å². The van der Waals surface area contributed by atoms with E-state index < -0.39 is 0 Å². The largest absolute Gasteiger partial charge is 0.340 e. The van der Waals surface area contributed by atoms with E-state index in [1.807, 2.05) is 158 Å². The van der Waals surface area contributed by atoms with Crippen molar-refractivity contribution in [3.8, 4) is 0 Å². The van der Waals surface area contributed by atoms with Gasteiger partial charge in [0.25, 0.3) is 0 Å². The highest BCUT2D eigenvalue weighted by atomic mass is 15.2. The first kappa shape index (κ1) is 35.1. The Balaban J connectivity index is 0.929. The summed E-state index contributed by atoms with van der Waals surface area (Å²) in [5, 5.41) is 20.2. The van der Waals surface area contributed by atoms with Crippen LogP contribution in [0.15, 0.2) is 182 Å². The Labute approximate surface area is 325 Å². The molecule has 56 heavy (non-hydrogen) atoms. The zero-order valence-electron chi connectivity index (χ0n) is 30.3. The maximum atomic E-state index is 4.73. The van der Waals surface area contributed by atoms with Crippen LogP contribution in [-0.2, 0) is 0 Å². The molecule has 0 saturated carbocycles. The molecule has 2 heterocycles. The highest BCUT2D eigenvalue weighted by Crippen LogP contribution is 2.26. The number of nitrogens with one attached hydrogen (secondary N) is 6. The maximum Gasteiger partial charge on any atom is 0.231 e. The van der Waals surface area contributed by atoms with Gasteiger partial charge in [-0.1, -0.05) is 109 Å². The normalized spacial score (nSPS) is 10.8. The molecule has 2 aromatic heterocycles. The van der Waals surface area contributed by atoms with Gasteiger partial charge in [-0.15, -0.1) is 0 Å². The molecule has 0 bridgehead atoms. The van der Waals surface area contributed by atoms with E-state index in [0.717, 1.165) is 45.3 Å². The van der Waals surface area contributed by atoms with Gasteiger partial charge in [-0.2, -0.15) is 19.9 Å². The Kier molecular flexibility index (Phi) is 10.8. The minimum absolute atomic E-state index is 0.467. The molecule has 10 heteroatoms. The number of para-hydroxylation sites is 4. The molecule has 0 aliphatic rings. The van der Waals surface area contributed by atoms with E-state index in [1.54, 1.807) is 0 Å². The predicted molar refractivity (Wildman–Crippen MR) is 231 cm³/mol. The van der Waals surface area contributed by atoms with Gasteiger partial charge in [0.05, 0.1) is 0 Å². The summed E-state index contributed by atoms with van der Waals surface area (Å²) in [6.45, 7) is 0. The fourth-order valence-electron chi connectivity index (χ4n) is 5.75. The molecule has 0 atom stereocenters. The van der Waals surface area contributed by atoms with Crippen molar-refractivity contribution in [1.82, 2.24) is 19.9 Å². The molecule has 6 N–H and O–H groups in total. The van der Waals surface area contributed by atoms with Crippen LogP contribution in [0.3, 0.4) is 0 Å². The fraction of sp³-hybridized carbons (Fsp3) is 0. The van der Waals surface area contributed by atoms with Crippen molar-refractivity contribution >= 4 is 81.4 Å². The van der Waals surface area contributed by atoms with Crippen molar-refractivity contribution in [3.05, 3.63) is 193 Å². The zero-order chi connectivity index (χ0) is 37.8. The number of hydrogen-bond donors (Lipinski definition) is 6. The van der Waals surface area contributed by atoms with Crippen LogP contribution >= 0.6 is 0 Å². The fourth-order valence-corrected chi connectivity index (χ4v) is 5.75. The summed E-state index contributed by atoms with van der Waals surface area (Å²) in [5.74, 6) is 3.60. The molecule has 0 unspecified atom stereocenters. The molecule has 8 aromatic rings. The van der Waals surface area contributed by atoms with Gasteiger partial charge in [-0.25, -0.2) is 0 Å². The van der Waals surface area contributed by atoms with Crippen LogP contribution in [0.5, 0.6) is 0 Å². The lowest BCUT2D eigenvalue weighted by atomic mass is 10.1. The van der Waals surface area contributed by atoms with Crippen LogP contribution in [0.25, 0.3) is 12.2 Å². The summed E-state index contributed by atoms with van der Waals surface area (Å²) in [6, 6.07) is 59.8. The number of nitrogens with zero attached hydrogens (tertiary/aromatic N) is 4. The number of aromatic nitrogens is 4. The third kappa shape index (κ3) is 9.91. The van der Waals surface area contributed by atoms with Crippen LogP contribution in [-0.4, -0.2) is 19.9 Å². The molecule has 8 rings (SSSR count). The van der Waals surface area contributed by atoms with Crippen molar-refractivity contribution in [3.63, 3.8) is 0 Å². The summed E-state index contributed by atoms with van der Waals surface area (Å²) in [7, 11) is 0. The van der Waals surface area contributed by atoms with Crippen molar-refractivity contribution in [2.75, 3.05) is 31.9 Å². The Morgan fingerprint density at radius 2 is 0.518 bits per heavy atom. The summed E-state index contributed by atoms with van der Waals surface area (Å²) in [4.78, 5) is 18.9. The Morgan fingerprint density at radius 1 is 0.268 bits per heavy atom.